The average Bonchev–Trinajstić information content (AvgIpc) is 2.29. The van der Waals surface area contributed by atoms with Gasteiger partial charge in [0.05, 0.1) is 6.54 Å². The minimum absolute atomic E-state index is 0.0200. The highest BCUT2D eigenvalue weighted by molar-refractivity contribution is 7.84. The quantitative estimate of drug-likeness (QED) is 0.762. The molecule has 0 aromatic heterocycles. The molecule has 0 aliphatic rings. The molecule has 5 heteroatoms. The smallest absolute Gasteiger partial charge is 0.285 e. The number of nitrogens with one attached hydrogen (secondary N) is 1. The highest BCUT2D eigenvalue weighted by Crippen LogP contribution is 2.26. The van der Waals surface area contributed by atoms with Crippen molar-refractivity contribution < 1.29 is 13.0 Å². The van der Waals surface area contributed by atoms with Crippen LogP contribution in [-0.2, 0) is 16.7 Å². The lowest BCUT2D eigenvalue weighted by Crippen LogP contribution is -2.31. The molecule has 0 saturated heterocycles. The van der Waals surface area contributed by atoms with Gasteiger partial charge < -0.3 is 5.32 Å². The van der Waals surface area contributed by atoms with Crippen LogP contribution < -0.4 is 5.32 Å². The van der Waals surface area contributed by atoms with Gasteiger partial charge in [-0.2, -0.15) is 8.78 Å². The summed E-state index contributed by atoms with van der Waals surface area (Å²) >= 11 is 0. The normalized spacial score (nSPS) is 13.6. The molecule has 0 bridgehead atoms. The van der Waals surface area contributed by atoms with Gasteiger partial charge >= 0.3 is 0 Å². The molecule has 1 atom stereocenters. The van der Waals surface area contributed by atoms with Gasteiger partial charge in [0.2, 0.25) is 0 Å². The molecular weight excluding hydrogens is 244 g/mol. The maximum atomic E-state index is 13.6. The van der Waals surface area contributed by atoms with Crippen molar-refractivity contribution >= 4 is 10.8 Å². The third kappa shape index (κ3) is 5.37. The number of hydrogen-bond donors (Lipinski definition) is 1. The Bertz CT molecular complexity index is 357. The fourth-order valence-electron chi connectivity index (χ4n) is 1.43. The minimum Gasteiger partial charge on any atom is -0.311 e. The molecule has 1 aromatic carbocycles. The summed E-state index contributed by atoms with van der Waals surface area (Å²) in [6.07, 6.45) is 2.26. The Labute approximate surface area is 103 Å². The first kappa shape index (κ1) is 14.3. The Hall–Kier alpha value is -0.810. The summed E-state index contributed by atoms with van der Waals surface area (Å²) in [5.74, 6) is -2.31. The van der Waals surface area contributed by atoms with E-state index < -0.39 is 16.7 Å². The number of hydrogen-bond acceptors (Lipinski definition) is 2. The Morgan fingerprint density at radius 1 is 1.29 bits per heavy atom. The van der Waals surface area contributed by atoms with Crippen LogP contribution in [0.1, 0.15) is 12.0 Å². The lowest BCUT2D eigenvalue weighted by atomic mass is 10.1. The van der Waals surface area contributed by atoms with Crippen LogP contribution in [0.4, 0.5) is 8.78 Å². The van der Waals surface area contributed by atoms with Crippen LogP contribution in [0.2, 0.25) is 0 Å². The van der Waals surface area contributed by atoms with E-state index in [1.54, 1.807) is 24.5 Å². The molecule has 0 amide bonds. The largest absolute Gasteiger partial charge is 0.311 e. The van der Waals surface area contributed by atoms with Crippen molar-refractivity contribution in [2.45, 2.75) is 12.3 Å². The first-order valence-corrected chi connectivity index (χ1v) is 7.19. The average molecular weight is 261 g/mol. The molecule has 0 fully saturated rings. The van der Waals surface area contributed by atoms with E-state index in [2.05, 4.69) is 5.32 Å². The third-order valence-corrected chi connectivity index (χ3v) is 3.19. The maximum Gasteiger partial charge on any atom is 0.285 e. The zero-order chi connectivity index (χ0) is 12.7. The summed E-state index contributed by atoms with van der Waals surface area (Å²) in [6, 6.07) is 7.75. The zero-order valence-electron chi connectivity index (χ0n) is 9.79. The third-order valence-electron chi connectivity index (χ3n) is 2.33. The summed E-state index contributed by atoms with van der Waals surface area (Å²) in [4.78, 5) is 0. The molecule has 17 heavy (non-hydrogen) atoms. The van der Waals surface area contributed by atoms with Crippen LogP contribution in [0.3, 0.4) is 0 Å². The van der Waals surface area contributed by atoms with Crippen LogP contribution >= 0.6 is 0 Å². The van der Waals surface area contributed by atoms with E-state index in [-0.39, 0.29) is 12.1 Å². The summed E-state index contributed by atoms with van der Waals surface area (Å²) in [6.45, 7) is 0.0787. The SMILES string of the molecule is CS(=O)CCCNCC(F)(F)c1ccccc1. The van der Waals surface area contributed by atoms with E-state index in [0.717, 1.165) is 0 Å². The van der Waals surface area contributed by atoms with E-state index >= 15 is 0 Å². The molecule has 1 rings (SSSR count). The van der Waals surface area contributed by atoms with Crippen LogP contribution in [-0.4, -0.2) is 29.3 Å². The number of benzene rings is 1. The molecule has 0 saturated carbocycles. The van der Waals surface area contributed by atoms with Gasteiger partial charge in [-0.15, -0.1) is 0 Å². The molecule has 1 aromatic rings. The van der Waals surface area contributed by atoms with Crippen molar-refractivity contribution in [2.75, 3.05) is 25.1 Å². The molecule has 2 nitrogen and oxygen atoms in total. The Kier molecular flexibility index (Phi) is 5.71. The predicted octanol–water partition coefficient (Wildman–Crippen LogP) is 2.14. The number of alkyl halides is 2. The predicted molar refractivity (Wildman–Crippen MR) is 66.8 cm³/mol. The van der Waals surface area contributed by atoms with E-state index in [1.807, 2.05) is 0 Å². The second-order valence-electron chi connectivity index (χ2n) is 3.88. The molecule has 1 N–H and O–H groups in total. The van der Waals surface area contributed by atoms with Crippen molar-refractivity contribution in [2.24, 2.45) is 0 Å². The molecule has 96 valence electrons. The first-order chi connectivity index (χ1) is 8.02. The van der Waals surface area contributed by atoms with Gasteiger partial charge in [0.15, 0.2) is 0 Å². The van der Waals surface area contributed by atoms with Gasteiger partial charge in [0.25, 0.3) is 5.92 Å². The molecule has 0 aliphatic heterocycles. The summed E-state index contributed by atoms with van der Waals surface area (Å²) in [5.41, 5.74) is 0.0200. The fourth-order valence-corrected chi connectivity index (χ4v) is 1.98. The number of rotatable bonds is 7. The molecule has 0 aliphatic carbocycles. The van der Waals surface area contributed by atoms with Gasteiger partial charge in [-0.1, -0.05) is 30.3 Å². The van der Waals surface area contributed by atoms with E-state index in [0.29, 0.717) is 18.7 Å². The van der Waals surface area contributed by atoms with E-state index in [4.69, 9.17) is 0 Å². The molecular formula is C12H17F2NOS. The van der Waals surface area contributed by atoms with Crippen molar-refractivity contribution in [3.05, 3.63) is 35.9 Å². The first-order valence-electron chi connectivity index (χ1n) is 5.46. The topological polar surface area (TPSA) is 29.1 Å². The summed E-state index contributed by atoms with van der Waals surface area (Å²) in [5, 5.41) is 2.70. The molecule has 0 radical (unpaired) electrons. The molecule has 0 heterocycles. The van der Waals surface area contributed by atoms with Crippen LogP contribution in [0.15, 0.2) is 30.3 Å². The van der Waals surface area contributed by atoms with Gasteiger partial charge in [-0.3, -0.25) is 4.21 Å². The monoisotopic (exact) mass is 261 g/mol. The minimum atomic E-state index is -2.85. The van der Waals surface area contributed by atoms with Crippen LogP contribution in [0, 0.1) is 0 Å². The van der Waals surface area contributed by atoms with Gasteiger partial charge in [-0.25, -0.2) is 0 Å². The standard InChI is InChI=1S/C12H17F2NOS/c1-17(16)9-5-8-15-10-12(13,14)11-6-3-2-4-7-11/h2-4,6-7,15H,5,8-10H2,1H3. The van der Waals surface area contributed by atoms with Gasteiger partial charge in [-0.05, 0) is 13.0 Å². The maximum absolute atomic E-state index is 13.6. The zero-order valence-corrected chi connectivity index (χ0v) is 10.6. The lowest BCUT2D eigenvalue weighted by molar-refractivity contribution is -0.00289. The van der Waals surface area contributed by atoms with Gasteiger partial charge in [0, 0.05) is 28.4 Å². The van der Waals surface area contributed by atoms with E-state index in [1.165, 1.54) is 12.1 Å². The van der Waals surface area contributed by atoms with Crippen molar-refractivity contribution in [3.8, 4) is 0 Å². The van der Waals surface area contributed by atoms with Crippen molar-refractivity contribution in [1.82, 2.24) is 5.32 Å². The second-order valence-corrected chi connectivity index (χ2v) is 5.43. The highest BCUT2D eigenvalue weighted by Gasteiger charge is 2.30. The highest BCUT2D eigenvalue weighted by atomic mass is 32.2. The van der Waals surface area contributed by atoms with E-state index in [9.17, 15) is 13.0 Å². The van der Waals surface area contributed by atoms with Crippen molar-refractivity contribution in [3.63, 3.8) is 0 Å². The molecule has 0 spiro atoms. The lowest BCUT2D eigenvalue weighted by Gasteiger charge is -2.17. The summed E-state index contributed by atoms with van der Waals surface area (Å²) < 4.78 is 38.0. The number of halogens is 2. The van der Waals surface area contributed by atoms with Gasteiger partial charge in [0.1, 0.15) is 0 Å². The Balaban J connectivity index is 2.33. The van der Waals surface area contributed by atoms with Crippen molar-refractivity contribution in [1.29, 1.82) is 0 Å². The summed E-state index contributed by atoms with van der Waals surface area (Å²) in [7, 11) is -0.854. The van der Waals surface area contributed by atoms with Crippen LogP contribution in [0.5, 0.6) is 0 Å². The van der Waals surface area contributed by atoms with Crippen LogP contribution in [0.25, 0.3) is 0 Å². The fraction of sp³-hybridized carbons (Fsp3) is 0.500. The second kappa shape index (κ2) is 6.81. The Morgan fingerprint density at radius 3 is 2.53 bits per heavy atom. The molecule has 1 unspecified atom stereocenters. The Morgan fingerprint density at radius 2 is 1.94 bits per heavy atom.